The second-order valence-electron chi connectivity index (χ2n) is 3.27. The number of ether oxygens (including phenoxy) is 1. The van der Waals surface area contributed by atoms with Gasteiger partial charge in [0.05, 0.1) is 6.61 Å². The fourth-order valence-corrected chi connectivity index (χ4v) is 1.28. The predicted molar refractivity (Wildman–Crippen MR) is 61.8 cm³/mol. The van der Waals surface area contributed by atoms with Crippen LogP contribution in [0.15, 0.2) is 18.2 Å². The van der Waals surface area contributed by atoms with Gasteiger partial charge in [-0.3, -0.25) is 4.79 Å². The van der Waals surface area contributed by atoms with E-state index in [9.17, 15) is 4.79 Å². The molecule has 0 bridgehead atoms. The van der Waals surface area contributed by atoms with Crippen LogP contribution in [-0.4, -0.2) is 30.8 Å². The highest BCUT2D eigenvalue weighted by Crippen LogP contribution is 2.22. The number of amides is 1. The lowest BCUT2D eigenvalue weighted by Gasteiger charge is -2.09. The summed E-state index contributed by atoms with van der Waals surface area (Å²) in [4.78, 5) is 11.2. The number of hydrogen-bond acceptors (Lipinski definition) is 3. The molecule has 5 heteroatoms. The van der Waals surface area contributed by atoms with Crippen molar-refractivity contribution in [2.24, 2.45) is 0 Å². The maximum Gasteiger partial charge on any atom is 0.258 e. The first-order valence-corrected chi connectivity index (χ1v) is 5.28. The van der Waals surface area contributed by atoms with Crippen LogP contribution in [0.2, 0.25) is 5.02 Å². The van der Waals surface area contributed by atoms with E-state index in [-0.39, 0.29) is 25.7 Å². The number of aliphatic hydroxyl groups excluding tert-OH is 1. The second-order valence-corrected chi connectivity index (χ2v) is 3.71. The number of benzene rings is 1. The monoisotopic (exact) mass is 243 g/mol. The van der Waals surface area contributed by atoms with Crippen molar-refractivity contribution in [2.45, 2.75) is 6.92 Å². The molecule has 0 atom stereocenters. The molecule has 0 radical (unpaired) electrons. The van der Waals surface area contributed by atoms with E-state index in [1.807, 2.05) is 13.0 Å². The van der Waals surface area contributed by atoms with Crippen LogP contribution in [0.25, 0.3) is 0 Å². The molecule has 4 nitrogen and oxygen atoms in total. The zero-order chi connectivity index (χ0) is 12.0. The van der Waals surface area contributed by atoms with Crippen LogP contribution in [0, 0.1) is 6.92 Å². The van der Waals surface area contributed by atoms with Gasteiger partial charge in [0, 0.05) is 11.6 Å². The van der Waals surface area contributed by atoms with E-state index in [4.69, 9.17) is 21.4 Å². The third-order valence-corrected chi connectivity index (χ3v) is 2.18. The number of carbonyl (C=O) groups excluding carboxylic acids is 1. The molecule has 2 N–H and O–H groups in total. The first kappa shape index (κ1) is 12.8. The maximum atomic E-state index is 11.2. The van der Waals surface area contributed by atoms with Gasteiger partial charge in [-0.15, -0.1) is 0 Å². The third kappa shape index (κ3) is 4.08. The van der Waals surface area contributed by atoms with Crippen LogP contribution in [-0.2, 0) is 4.79 Å². The molecule has 16 heavy (non-hydrogen) atoms. The lowest BCUT2D eigenvalue weighted by Crippen LogP contribution is -2.31. The normalized spacial score (nSPS) is 9.94. The number of aryl methyl sites for hydroxylation is 1. The summed E-state index contributed by atoms with van der Waals surface area (Å²) in [6.07, 6.45) is 0. The Morgan fingerprint density at radius 1 is 1.56 bits per heavy atom. The molecule has 0 spiro atoms. The zero-order valence-electron chi connectivity index (χ0n) is 9.00. The second kappa shape index (κ2) is 6.35. The molecule has 0 aliphatic heterocycles. The van der Waals surface area contributed by atoms with Gasteiger partial charge in [-0.25, -0.2) is 0 Å². The molecule has 1 amide bonds. The van der Waals surface area contributed by atoms with Crippen LogP contribution in [0.1, 0.15) is 5.56 Å². The first-order valence-electron chi connectivity index (χ1n) is 4.90. The van der Waals surface area contributed by atoms with E-state index >= 15 is 0 Å². The van der Waals surface area contributed by atoms with Crippen molar-refractivity contribution >= 4 is 17.5 Å². The summed E-state index contributed by atoms with van der Waals surface area (Å²) >= 11 is 5.80. The van der Waals surface area contributed by atoms with Gasteiger partial charge in [-0.05, 0) is 24.6 Å². The van der Waals surface area contributed by atoms with Gasteiger partial charge in [0.15, 0.2) is 6.61 Å². The number of hydrogen-bond donors (Lipinski definition) is 2. The van der Waals surface area contributed by atoms with Crippen molar-refractivity contribution in [2.75, 3.05) is 19.8 Å². The Hall–Kier alpha value is -1.26. The van der Waals surface area contributed by atoms with Gasteiger partial charge in [0.1, 0.15) is 5.75 Å². The summed E-state index contributed by atoms with van der Waals surface area (Å²) in [5.74, 6) is 0.320. The van der Waals surface area contributed by atoms with Crippen LogP contribution in [0.5, 0.6) is 5.75 Å². The zero-order valence-corrected chi connectivity index (χ0v) is 9.75. The van der Waals surface area contributed by atoms with Crippen molar-refractivity contribution in [1.82, 2.24) is 5.32 Å². The van der Waals surface area contributed by atoms with E-state index in [2.05, 4.69) is 5.32 Å². The minimum Gasteiger partial charge on any atom is -0.483 e. The summed E-state index contributed by atoms with van der Waals surface area (Å²) in [6, 6.07) is 5.25. The lowest BCUT2D eigenvalue weighted by molar-refractivity contribution is -0.123. The molecule has 0 saturated carbocycles. The highest BCUT2D eigenvalue weighted by molar-refractivity contribution is 6.30. The van der Waals surface area contributed by atoms with Crippen LogP contribution < -0.4 is 10.1 Å². The standard InChI is InChI=1S/C11H14ClNO3/c1-8-2-3-9(12)6-10(8)16-7-11(15)13-4-5-14/h2-3,6,14H,4-5,7H2,1H3,(H,13,15). The van der Waals surface area contributed by atoms with Gasteiger partial charge >= 0.3 is 0 Å². The fourth-order valence-electron chi connectivity index (χ4n) is 1.12. The molecule has 0 saturated heterocycles. The Labute approximate surface area is 99.2 Å². The van der Waals surface area contributed by atoms with E-state index in [1.54, 1.807) is 12.1 Å². The van der Waals surface area contributed by atoms with Gasteiger partial charge in [0.2, 0.25) is 0 Å². The first-order chi connectivity index (χ1) is 7.63. The Kier molecular flexibility index (Phi) is 5.08. The Bertz CT molecular complexity index is 368. The maximum absolute atomic E-state index is 11.2. The topological polar surface area (TPSA) is 58.6 Å². The molecule has 1 aromatic rings. The average molecular weight is 244 g/mol. The number of halogens is 1. The molecule has 0 unspecified atom stereocenters. The molecule has 0 aromatic heterocycles. The molecule has 1 aromatic carbocycles. The summed E-state index contributed by atoms with van der Waals surface area (Å²) in [6.45, 7) is 1.94. The Balaban J connectivity index is 2.47. The number of aliphatic hydroxyl groups is 1. The number of nitrogens with one attached hydrogen (secondary N) is 1. The van der Waals surface area contributed by atoms with E-state index in [1.165, 1.54) is 0 Å². The molecular formula is C11H14ClNO3. The largest absolute Gasteiger partial charge is 0.483 e. The number of carbonyl (C=O) groups is 1. The van der Waals surface area contributed by atoms with Gasteiger partial charge < -0.3 is 15.2 Å². The Morgan fingerprint density at radius 2 is 2.31 bits per heavy atom. The molecule has 0 heterocycles. The SMILES string of the molecule is Cc1ccc(Cl)cc1OCC(=O)NCCO. The van der Waals surface area contributed by atoms with Crippen molar-refractivity contribution in [1.29, 1.82) is 0 Å². The van der Waals surface area contributed by atoms with Crippen LogP contribution in [0.4, 0.5) is 0 Å². The van der Waals surface area contributed by atoms with Crippen LogP contribution >= 0.6 is 11.6 Å². The summed E-state index contributed by atoms with van der Waals surface area (Å²) < 4.78 is 5.30. The highest BCUT2D eigenvalue weighted by Gasteiger charge is 2.04. The smallest absolute Gasteiger partial charge is 0.258 e. The summed E-state index contributed by atoms with van der Waals surface area (Å²) in [5.41, 5.74) is 0.916. The van der Waals surface area contributed by atoms with Crippen molar-refractivity contribution < 1.29 is 14.6 Å². The average Bonchev–Trinajstić information content (AvgIpc) is 2.27. The lowest BCUT2D eigenvalue weighted by atomic mass is 10.2. The molecular weight excluding hydrogens is 230 g/mol. The Morgan fingerprint density at radius 3 is 3.00 bits per heavy atom. The summed E-state index contributed by atoms with van der Waals surface area (Å²) in [7, 11) is 0. The number of rotatable bonds is 5. The third-order valence-electron chi connectivity index (χ3n) is 1.94. The van der Waals surface area contributed by atoms with Gasteiger partial charge in [-0.2, -0.15) is 0 Å². The van der Waals surface area contributed by atoms with E-state index in [0.29, 0.717) is 10.8 Å². The van der Waals surface area contributed by atoms with Crippen molar-refractivity contribution in [3.05, 3.63) is 28.8 Å². The molecule has 0 aliphatic carbocycles. The highest BCUT2D eigenvalue weighted by atomic mass is 35.5. The predicted octanol–water partition coefficient (Wildman–Crippen LogP) is 1.14. The van der Waals surface area contributed by atoms with Crippen molar-refractivity contribution in [3.8, 4) is 5.75 Å². The van der Waals surface area contributed by atoms with Gasteiger partial charge in [-0.1, -0.05) is 17.7 Å². The molecule has 1 rings (SSSR count). The van der Waals surface area contributed by atoms with Gasteiger partial charge in [0.25, 0.3) is 5.91 Å². The molecule has 88 valence electrons. The molecule has 0 aliphatic rings. The molecule has 0 fully saturated rings. The van der Waals surface area contributed by atoms with Crippen molar-refractivity contribution in [3.63, 3.8) is 0 Å². The van der Waals surface area contributed by atoms with Crippen LogP contribution in [0.3, 0.4) is 0 Å². The quantitative estimate of drug-likeness (QED) is 0.815. The minimum atomic E-state index is -0.270. The van der Waals surface area contributed by atoms with E-state index < -0.39 is 0 Å². The van der Waals surface area contributed by atoms with E-state index in [0.717, 1.165) is 5.56 Å². The minimum absolute atomic E-state index is 0.0814. The fraction of sp³-hybridized carbons (Fsp3) is 0.364. The summed E-state index contributed by atoms with van der Waals surface area (Å²) in [5, 5.41) is 11.6.